The standard InChI is InChI=1S/C14H20ClN3O2/c15-10-5-6-12(14(16)17-20)13(8-10)18-7-3-1-2-4-11(18)9-19/h5-6,8,11,19-20H,1-4,7,9H2,(H2,16,17). The quantitative estimate of drug-likeness (QED) is 0.346. The Kier molecular flexibility index (Phi) is 5.09. The first-order valence-electron chi connectivity index (χ1n) is 6.82. The van der Waals surface area contributed by atoms with Crippen molar-refractivity contribution in [3.63, 3.8) is 0 Å². The zero-order valence-electron chi connectivity index (χ0n) is 11.3. The van der Waals surface area contributed by atoms with Crippen LogP contribution in [-0.2, 0) is 0 Å². The Bertz CT molecular complexity index is 493. The molecule has 6 heteroatoms. The van der Waals surface area contributed by atoms with Gasteiger partial charge in [-0.3, -0.25) is 0 Å². The summed E-state index contributed by atoms with van der Waals surface area (Å²) in [5, 5.41) is 22.2. The third kappa shape index (κ3) is 3.16. The van der Waals surface area contributed by atoms with Crippen LogP contribution in [0, 0.1) is 0 Å². The van der Waals surface area contributed by atoms with Gasteiger partial charge in [0.1, 0.15) is 0 Å². The van der Waals surface area contributed by atoms with Gasteiger partial charge in [0, 0.05) is 22.8 Å². The second kappa shape index (κ2) is 6.81. The van der Waals surface area contributed by atoms with E-state index in [0.717, 1.165) is 37.9 Å². The highest BCUT2D eigenvalue weighted by atomic mass is 35.5. The molecule has 1 aromatic rings. The fourth-order valence-electron chi connectivity index (χ4n) is 2.70. The van der Waals surface area contributed by atoms with Gasteiger partial charge in [-0.05, 0) is 31.0 Å². The van der Waals surface area contributed by atoms with E-state index in [2.05, 4.69) is 10.1 Å². The van der Waals surface area contributed by atoms with Crippen LogP contribution in [0.4, 0.5) is 5.69 Å². The smallest absolute Gasteiger partial charge is 0.172 e. The summed E-state index contributed by atoms with van der Waals surface area (Å²) in [5.74, 6) is 0.0533. The number of anilines is 1. The third-order valence-electron chi connectivity index (χ3n) is 3.74. The predicted molar refractivity (Wildman–Crippen MR) is 80.7 cm³/mol. The first kappa shape index (κ1) is 14.9. The molecule has 0 aliphatic carbocycles. The molecule has 2 rings (SSSR count). The zero-order valence-corrected chi connectivity index (χ0v) is 12.1. The number of nitrogens with two attached hydrogens (primary N) is 1. The lowest BCUT2D eigenvalue weighted by atomic mass is 10.1. The number of amidine groups is 1. The number of benzene rings is 1. The van der Waals surface area contributed by atoms with Gasteiger partial charge in [0.15, 0.2) is 5.84 Å². The van der Waals surface area contributed by atoms with Crippen LogP contribution in [0.1, 0.15) is 31.2 Å². The number of hydrogen-bond acceptors (Lipinski definition) is 4. The van der Waals surface area contributed by atoms with Crippen LogP contribution in [0.5, 0.6) is 0 Å². The third-order valence-corrected chi connectivity index (χ3v) is 3.98. The zero-order chi connectivity index (χ0) is 14.5. The van der Waals surface area contributed by atoms with Gasteiger partial charge in [0.2, 0.25) is 0 Å². The fraction of sp³-hybridized carbons (Fsp3) is 0.500. The highest BCUT2D eigenvalue weighted by Gasteiger charge is 2.23. The number of aliphatic hydroxyl groups excluding tert-OH is 1. The van der Waals surface area contributed by atoms with E-state index < -0.39 is 0 Å². The molecule has 1 heterocycles. The Labute approximate surface area is 123 Å². The molecule has 0 radical (unpaired) electrons. The normalized spacial score (nSPS) is 20.8. The number of rotatable bonds is 3. The lowest BCUT2D eigenvalue weighted by Gasteiger charge is -2.32. The molecule has 4 N–H and O–H groups in total. The molecule has 0 spiro atoms. The van der Waals surface area contributed by atoms with E-state index in [1.807, 2.05) is 6.07 Å². The highest BCUT2D eigenvalue weighted by molar-refractivity contribution is 6.31. The van der Waals surface area contributed by atoms with Crippen LogP contribution in [0.15, 0.2) is 23.4 Å². The minimum Gasteiger partial charge on any atom is -0.409 e. The van der Waals surface area contributed by atoms with Crippen molar-refractivity contribution in [2.24, 2.45) is 10.9 Å². The van der Waals surface area contributed by atoms with Crippen molar-refractivity contribution in [3.8, 4) is 0 Å². The molecule has 110 valence electrons. The van der Waals surface area contributed by atoms with Gasteiger partial charge in [-0.2, -0.15) is 0 Å². The first-order valence-corrected chi connectivity index (χ1v) is 7.20. The van der Waals surface area contributed by atoms with E-state index in [1.54, 1.807) is 12.1 Å². The predicted octanol–water partition coefficient (Wildman–Crippen LogP) is 2.18. The molecule has 0 aromatic heterocycles. The lowest BCUT2D eigenvalue weighted by Crippen LogP contribution is -2.39. The Hall–Kier alpha value is -1.46. The van der Waals surface area contributed by atoms with Crippen LogP contribution < -0.4 is 10.6 Å². The van der Waals surface area contributed by atoms with Crippen LogP contribution >= 0.6 is 11.6 Å². The molecule has 1 aliphatic rings. The summed E-state index contributed by atoms with van der Waals surface area (Å²) in [6, 6.07) is 5.31. The molecule has 0 amide bonds. The molecule has 20 heavy (non-hydrogen) atoms. The number of nitrogens with zero attached hydrogens (tertiary/aromatic N) is 2. The Morgan fingerprint density at radius 3 is 2.90 bits per heavy atom. The second-order valence-electron chi connectivity index (χ2n) is 5.03. The Morgan fingerprint density at radius 2 is 2.20 bits per heavy atom. The van der Waals surface area contributed by atoms with Crippen molar-refractivity contribution in [1.29, 1.82) is 0 Å². The van der Waals surface area contributed by atoms with Crippen LogP contribution in [0.3, 0.4) is 0 Å². The SMILES string of the molecule is N/C(=N/O)c1ccc(Cl)cc1N1CCCCCC1CO. The molecule has 5 nitrogen and oxygen atoms in total. The maximum atomic E-state index is 9.62. The van der Waals surface area contributed by atoms with Crippen LogP contribution in [0.2, 0.25) is 5.02 Å². The molecule has 1 atom stereocenters. The van der Waals surface area contributed by atoms with Gasteiger partial charge in [-0.25, -0.2) is 0 Å². The Morgan fingerprint density at radius 1 is 1.40 bits per heavy atom. The first-order chi connectivity index (χ1) is 9.67. The molecule has 1 aliphatic heterocycles. The summed E-state index contributed by atoms with van der Waals surface area (Å²) in [7, 11) is 0. The average Bonchev–Trinajstić information content (AvgIpc) is 2.71. The summed E-state index contributed by atoms with van der Waals surface area (Å²) in [6.07, 6.45) is 4.23. The number of halogens is 1. The van der Waals surface area contributed by atoms with Gasteiger partial charge < -0.3 is 20.9 Å². The summed E-state index contributed by atoms with van der Waals surface area (Å²) in [5.41, 5.74) is 7.20. The highest BCUT2D eigenvalue weighted by Crippen LogP contribution is 2.30. The molecule has 1 saturated heterocycles. The van der Waals surface area contributed by atoms with E-state index in [9.17, 15) is 5.11 Å². The second-order valence-corrected chi connectivity index (χ2v) is 5.46. The van der Waals surface area contributed by atoms with Gasteiger partial charge in [0.05, 0.1) is 12.6 Å². The van der Waals surface area contributed by atoms with E-state index >= 15 is 0 Å². The minimum atomic E-state index is 0.0428. The van der Waals surface area contributed by atoms with Crippen molar-refractivity contribution < 1.29 is 10.3 Å². The largest absolute Gasteiger partial charge is 0.409 e. The molecule has 1 fully saturated rings. The molecule has 1 aromatic carbocycles. The molecule has 1 unspecified atom stereocenters. The number of hydrogen-bond donors (Lipinski definition) is 3. The average molecular weight is 298 g/mol. The molecular weight excluding hydrogens is 278 g/mol. The van der Waals surface area contributed by atoms with Gasteiger partial charge in [0.25, 0.3) is 0 Å². The molecule has 0 saturated carbocycles. The fourth-order valence-corrected chi connectivity index (χ4v) is 2.86. The summed E-state index contributed by atoms with van der Waals surface area (Å²) >= 11 is 6.08. The van der Waals surface area contributed by atoms with E-state index in [-0.39, 0.29) is 18.5 Å². The topological polar surface area (TPSA) is 82.1 Å². The maximum Gasteiger partial charge on any atom is 0.172 e. The molecular formula is C14H20ClN3O2. The molecule has 0 bridgehead atoms. The van der Waals surface area contributed by atoms with Gasteiger partial charge in [-0.15, -0.1) is 0 Å². The van der Waals surface area contributed by atoms with Crippen molar-refractivity contribution in [2.45, 2.75) is 31.7 Å². The van der Waals surface area contributed by atoms with Gasteiger partial charge in [-0.1, -0.05) is 29.6 Å². The lowest BCUT2D eigenvalue weighted by molar-refractivity contribution is 0.255. The minimum absolute atomic E-state index is 0.0428. The van der Waals surface area contributed by atoms with Crippen molar-refractivity contribution in [2.75, 3.05) is 18.1 Å². The Balaban J connectivity index is 2.45. The van der Waals surface area contributed by atoms with E-state index in [1.165, 1.54) is 0 Å². The van der Waals surface area contributed by atoms with E-state index in [4.69, 9.17) is 22.5 Å². The summed E-state index contributed by atoms with van der Waals surface area (Å²) in [6.45, 7) is 0.916. The maximum absolute atomic E-state index is 9.62. The van der Waals surface area contributed by atoms with Crippen molar-refractivity contribution >= 4 is 23.1 Å². The monoisotopic (exact) mass is 297 g/mol. The van der Waals surface area contributed by atoms with Gasteiger partial charge >= 0.3 is 0 Å². The van der Waals surface area contributed by atoms with Crippen molar-refractivity contribution in [1.82, 2.24) is 0 Å². The summed E-state index contributed by atoms with van der Waals surface area (Å²) in [4.78, 5) is 2.12. The number of oxime groups is 1. The number of aliphatic hydroxyl groups is 1. The van der Waals surface area contributed by atoms with Crippen LogP contribution in [-0.4, -0.2) is 35.3 Å². The summed E-state index contributed by atoms with van der Waals surface area (Å²) < 4.78 is 0. The van der Waals surface area contributed by atoms with E-state index in [0.29, 0.717) is 10.6 Å². The van der Waals surface area contributed by atoms with Crippen molar-refractivity contribution in [3.05, 3.63) is 28.8 Å². The van der Waals surface area contributed by atoms with Crippen LogP contribution in [0.25, 0.3) is 0 Å².